The minimum atomic E-state index is 0.202. The van der Waals surface area contributed by atoms with E-state index in [1.807, 2.05) is 0 Å². The summed E-state index contributed by atoms with van der Waals surface area (Å²) >= 11 is 4.49. The average Bonchev–Trinajstić information content (AvgIpc) is 2.37. The first kappa shape index (κ1) is 15.4. The fourth-order valence-electron chi connectivity index (χ4n) is 2.10. The third-order valence-electron chi connectivity index (χ3n) is 4.13. The van der Waals surface area contributed by atoms with Crippen molar-refractivity contribution in [2.75, 3.05) is 12.4 Å². The van der Waals surface area contributed by atoms with Gasteiger partial charge in [0.05, 0.1) is 6.61 Å². The standard InChI is InChI=1S/C16H26OS/c1-6-16(7-2,11-18)10-17-15-9-12(3)8-13(4)14(15)5/h8-9,18H,6-7,10-11H2,1-5H3. The Morgan fingerprint density at radius 2 is 1.72 bits per heavy atom. The number of benzene rings is 1. The number of hydrogen-bond donors (Lipinski definition) is 1. The van der Waals surface area contributed by atoms with E-state index >= 15 is 0 Å². The van der Waals surface area contributed by atoms with E-state index in [0.717, 1.165) is 31.0 Å². The van der Waals surface area contributed by atoms with Gasteiger partial charge in [0.15, 0.2) is 0 Å². The zero-order chi connectivity index (χ0) is 13.8. The van der Waals surface area contributed by atoms with Gasteiger partial charge in [-0.3, -0.25) is 0 Å². The van der Waals surface area contributed by atoms with Gasteiger partial charge in [-0.2, -0.15) is 12.6 Å². The minimum absolute atomic E-state index is 0.202. The summed E-state index contributed by atoms with van der Waals surface area (Å²) in [4.78, 5) is 0. The predicted octanol–water partition coefficient (Wildman–Crippen LogP) is 4.73. The maximum atomic E-state index is 6.09. The Labute approximate surface area is 117 Å². The van der Waals surface area contributed by atoms with E-state index < -0.39 is 0 Å². The lowest BCUT2D eigenvalue weighted by atomic mass is 9.85. The molecule has 0 aromatic heterocycles. The van der Waals surface area contributed by atoms with Crippen LogP contribution in [0.5, 0.6) is 5.75 Å². The average molecular weight is 266 g/mol. The molecule has 1 aromatic carbocycles. The monoisotopic (exact) mass is 266 g/mol. The number of aryl methyl sites for hydroxylation is 2. The van der Waals surface area contributed by atoms with E-state index in [1.54, 1.807) is 0 Å². The Morgan fingerprint density at radius 1 is 1.11 bits per heavy atom. The molecule has 0 heterocycles. The normalized spacial score (nSPS) is 11.7. The van der Waals surface area contributed by atoms with Crippen LogP contribution in [0.3, 0.4) is 0 Å². The molecule has 0 spiro atoms. The number of rotatable bonds is 6. The van der Waals surface area contributed by atoms with Crippen LogP contribution in [0, 0.1) is 26.2 Å². The molecule has 0 aliphatic rings. The summed E-state index contributed by atoms with van der Waals surface area (Å²) in [5.41, 5.74) is 4.01. The lowest BCUT2D eigenvalue weighted by Gasteiger charge is -2.30. The topological polar surface area (TPSA) is 9.23 Å². The Morgan fingerprint density at radius 3 is 2.22 bits per heavy atom. The molecule has 0 bridgehead atoms. The van der Waals surface area contributed by atoms with E-state index in [0.29, 0.717) is 0 Å². The van der Waals surface area contributed by atoms with Crippen molar-refractivity contribution >= 4 is 12.6 Å². The van der Waals surface area contributed by atoms with E-state index in [-0.39, 0.29) is 5.41 Å². The first-order valence-corrected chi connectivity index (χ1v) is 7.42. The van der Waals surface area contributed by atoms with Crippen molar-refractivity contribution in [2.24, 2.45) is 5.41 Å². The van der Waals surface area contributed by atoms with Crippen molar-refractivity contribution in [3.8, 4) is 5.75 Å². The molecule has 1 nitrogen and oxygen atoms in total. The molecule has 0 saturated carbocycles. The Balaban J connectivity index is 2.86. The summed E-state index contributed by atoms with van der Waals surface area (Å²) in [5.74, 6) is 1.91. The Hall–Kier alpha value is -0.630. The molecule has 0 atom stereocenters. The molecule has 0 fully saturated rings. The van der Waals surface area contributed by atoms with Crippen molar-refractivity contribution in [3.05, 3.63) is 28.8 Å². The number of thiol groups is 1. The molecule has 18 heavy (non-hydrogen) atoms. The van der Waals surface area contributed by atoms with Crippen LogP contribution in [-0.4, -0.2) is 12.4 Å². The molecule has 0 N–H and O–H groups in total. The second kappa shape index (κ2) is 6.51. The lowest BCUT2D eigenvalue weighted by molar-refractivity contribution is 0.156. The maximum Gasteiger partial charge on any atom is 0.122 e. The minimum Gasteiger partial charge on any atom is -0.493 e. The third-order valence-corrected chi connectivity index (χ3v) is 4.80. The largest absolute Gasteiger partial charge is 0.493 e. The van der Waals surface area contributed by atoms with Crippen LogP contribution < -0.4 is 4.74 Å². The van der Waals surface area contributed by atoms with Crippen molar-refractivity contribution in [3.63, 3.8) is 0 Å². The highest BCUT2D eigenvalue weighted by Gasteiger charge is 2.25. The molecule has 1 rings (SSSR count). The molecule has 0 amide bonds. The van der Waals surface area contributed by atoms with Gasteiger partial charge in [0.25, 0.3) is 0 Å². The van der Waals surface area contributed by atoms with Crippen molar-refractivity contribution in [2.45, 2.75) is 47.5 Å². The third kappa shape index (κ3) is 3.44. The van der Waals surface area contributed by atoms with Gasteiger partial charge >= 0.3 is 0 Å². The Bertz CT molecular complexity index is 386. The van der Waals surface area contributed by atoms with Crippen molar-refractivity contribution < 1.29 is 4.74 Å². The van der Waals surface area contributed by atoms with E-state index in [1.165, 1.54) is 16.7 Å². The van der Waals surface area contributed by atoms with Crippen LogP contribution in [-0.2, 0) is 0 Å². The number of hydrogen-bond acceptors (Lipinski definition) is 2. The molecular formula is C16H26OS. The van der Waals surface area contributed by atoms with Crippen molar-refractivity contribution in [1.29, 1.82) is 0 Å². The van der Waals surface area contributed by atoms with Crippen LogP contribution in [0.25, 0.3) is 0 Å². The van der Waals surface area contributed by atoms with E-state index in [9.17, 15) is 0 Å². The molecule has 0 aliphatic carbocycles. The molecule has 0 unspecified atom stereocenters. The quantitative estimate of drug-likeness (QED) is 0.733. The van der Waals surface area contributed by atoms with Gasteiger partial charge in [-0.1, -0.05) is 19.9 Å². The van der Waals surface area contributed by atoms with Crippen LogP contribution in [0.2, 0.25) is 0 Å². The molecule has 0 saturated heterocycles. The van der Waals surface area contributed by atoms with Crippen LogP contribution in [0.15, 0.2) is 12.1 Å². The summed E-state index contributed by atoms with van der Waals surface area (Å²) < 4.78 is 6.09. The molecular weight excluding hydrogens is 240 g/mol. The highest BCUT2D eigenvalue weighted by molar-refractivity contribution is 7.80. The summed E-state index contributed by atoms with van der Waals surface area (Å²) in [6.45, 7) is 11.6. The lowest BCUT2D eigenvalue weighted by Crippen LogP contribution is -2.29. The first-order valence-electron chi connectivity index (χ1n) is 6.79. The van der Waals surface area contributed by atoms with Crippen molar-refractivity contribution in [1.82, 2.24) is 0 Å². The van der Waals surface area contributed by atoms with Crippen LogP contribution >= 0.6 is 12.6 Å². The van der Waals surface area contributed by atoms with Gasteiger partial charge in [0.1, 0.15) is 5.75 Å². The summed E-state index contributed by atoms with van der Waals surface area (Å²) in [6, 6.07) is 4.34. The molecule has 1 aromatic rings. The highest BCUT2D eigenvalue weighted by Crippen LogP contribution is 2.31. The molecule has 2 heteroatoms. The van der Waals surface area contributed by atoms with Gasteiger partial charge in [0.2, 0.25) is 0 Å². The van der Waals surface area contributed by atoms with Gasteiger partial charge in [-0.25, -0.2) is 0 Å². The van der Waals surface area contributed by atoms with Crippen LogP contribution in [0.1, 0.15) is 43.4 Å². The molecule has 102 valence electrons. The van der Waals surface area contributed by atoms with E-state index in [2.05, 4.69) is 59.4 Å². The second-order valence-electron chi connectivity index (χ2n) is 5.36. The van der Waals surface area contributed by atoms with Gasteiger partial charge in [0, 0.05) is 5.41 Å². The Kier molecular flexibility index (Phi) is 5.58. The number of ether oxygens (including phenoxy) is 1. The fraction of sp³-hybridized carbons (Fsp3) is 0.625. The summed E-state index contributed by atoms with van der Waals surface area (Å²) in [6.07, 6.45) is 2.22. The zero-order valence-corrected chi connectivity index (χ0v) is 13.2. The van der Waals surface area contributed by atoms with Gasteiger partial charge < -0.3 is 4.74 Å². The predicted molar refractivity (Wildman–Crippen MR) is 83.0 cm³/mol. The first-order chi connectivity index (χ1) is 8.48. The van der Waals surface area contributed by atoms with Crippen LogP contribution in [0.4, 0.5) is 0 Å². The molecule has 0 radical (unpaired) electrons. The van der Waals surface area contributed by atoms with Gasteiger partial charge in [-0.05, 0) is 62.1 Å². The zero-order valence-electron chi connectivity index (χ0n) is 12.3. The highest BCUT2D eigenvalue weighted by atomic mass is 32.1. The summed E-state index contributed by atoms with van der Waals surface area (Å²) in [5, 5.41) is 0. The second-order valence-corrected chi connectivity index (χ2v) is 5.68. The summed E-state index contributed by atoms with van der Waals surface area (Å²) in [7, 11) is 0. The maximum absolute atomic E-state index is 6.09. The smallest absolute Gasteiger partial charge is 0.122 e. The SMILES string of the molecule is CCC(CC)(CS)COc1cc(C)cc(C)c1C. The van der Waals surface area contributed by atoms with E-state index in [4.69, 9.17) is 4.74 Å². The molecule has 0 aliphatic heterocycles. The fourth-order valence-corrected chi connectivity index (χ4v) is 2.64. The van der Waals surface area contributed by atoms with Gasteiger partial charge in [-0.15, -0.1) is 0 Å².